The molecule has 2 aliphatic rings. The Hall–Kier alpha value is -5.21. The van der Waals surface area contributed by atoms with Crippen LogP contribution in [0.2, 0.25) is 0 Å². The van der Waals surface area contributed by atoms with Crippen molar-refractivity contribution in [2.24, 2.45) is 0 Å². The molecule has 11 nitrogen and oxygen atoms in total. The lowest BCUT2D eigenvalue weighted by molar-refractivity contribution is 0.0523. The van der Waals surface area contributed by atoms with Crippen molar-refractivity contribution in [1.29, 1.82) is 5.26 Å². The highest BCUT2D eigenvalue weighted by molar-refractivity contribution is 6.06. The van der Waals surface area contributed by atoms with Crippen molar-refractivity contribution in [3.05, 3.63) is 75.8 Å². The monoisotopic (exact) mass is 631 g/mol. The predicted octanol–water partition coefficient (Wildman–Crippen LogP) is 5.41. The van der Waals surface area contributed by atoms with Crippen LogP contribution in [0.5, 0.6) is 0 Å². The molecule has 3 N–H and O–H groups in total. The summed E-state index contributed by atoms with van der Waals surface area (Å²) >= 11 is 0. The number of carbonyl (C=O) groups excluding carboxylic acids is 1. The first-order valence-corrected chi connectivity index (χ1v) is 16.1. The molecule has 0 unspecified atom stereocenters. The Bertz CT molecular complexity index is 2140. The molecule has 0 radical (unpaired) electrons. The average Bonchev–Trinajstić information content (AvgIpc) is 3.65. The maximum atomic E-state index is 12.8. The van der Waals surface area contributed by atoms with Crippen LogP contribution in [0.15, 0.2) is 53.5 Å². The molecule has 0 spiro atoms. The van der Waals surface area contributed by atoms with Crippen molar-refractivity contribution in [3.63, 3.8) is 0 Å². The van der Waals surface area contributed by atoms with E-state index in [9.17, 15) is 20.0 Å². The Balaban J connectivity index is 1.42. The van der Waals surface area contributed by atoms with E-state index in [0.717, 1.165) is 70.2 Å². The number of nitrogens with zero attached hydrogens (tertiary/aromatic N) is 5. The first-order chi connectivity index (χ1) is 22.6. The number of ether oxygens (including phenoxy) is 1. The number of H-pyrrole nitrogens is 1. The number of amides is 1. The van der Waals surface area contributed by atoms with E-state index in [1.807, 2.05) is 41.2 Å². The number of alkyl carbamates (subject to hydrolysis) is 1. The molecule has 7 rings (SSSR count). The highest BCUT2D eigenvalue weighted by Gasteiger charge is 2.31. The number of aromatic amines is 1. The summed E-state index contributed by atoms with van der Waals surface area (Å²) in [6.07, 6.45) is 4.19. The maximum Gasteiger partial charge on any atom is 0.407 e. The standard InChI is InChI=1S/C36H37N7O4/c1-36(2,3)47-35(46)38-19-30-27-16-21(11-12-25(27)34(45)41-40-30)29-18-39-43-14-7-6-10-26-31(33(29)43)28(17-37)23-8-4-5-9-24(23)32(26)42-15-13-22(44)20-42/h4-5,8-9,11-12,16,18,22,44H,6-7,10,13-15,19-20H2,1-3H3,(H,38,46)(H,41,45)/t22-/m1/s1. The van der Waals surface area contributed by atoms with Gasteiger partial charge in [0.1, 0.15) is 11.7 Å². The molecule has 11 heteroatoms. The topological polar surface area (TPSA) is 149 Å². The Morgan fingerprint density at radius 1 is 1.13 bits per heavy atom. The summed E-state index contributed by atoms with van der Waals surface area (Å²) in [5, 5.41) is 38.6. The number of aryl methyl sites for hydroxylation is 1. The number of aliphatic hydroxyl groups excluding tert-OH is 1. The van der Waals surface area contributed by atoms with Crippen LogP contribution in [0.3, 0.4) is 0 Å². The Morgan fingerprint density at radius 3 is 2.68 bits per heavy atom. The summed E-state index contributed by atoms with van der Waals surface area (Å²) in [6.45, 7) is 7.40. The zero-order valence-electron chi connectivity index (χ0n) is 26.8. The first-order valence-electron chi connectivity index (χ1n) is 16.1. The number of hydrogen-bond donors (Lipinski definition) is 3. The number of aliphatic hydroxyl groups is 1. The molecule has 0 bridgehead atoms. The van der Waals surface area contributed by atoms with Crippen molar-refractivity contribution in [2.45, 2.75) is 71.2 Å². The van der Waals surface area contributed by atoms with Crippen molar-refractivity contribution < 1.29 is 14.6 Å². The minimum absolute atomic E-state index is 0.0518. The van der Waals surface area contributed by atoms with E-state index in [1.165, 1.54) is 0 Å². The van der Waals surface area contributed by atoms with Gasteiger partial charge in [0.15, 0.2) is 0 Å². The van der Waals surface area contributed by atoms with Crippen LogP contribution >= 0.6 is 0 Å². The van der Waals surface area contributed by atoms with Gasteiger partial charge in [0, 0.05) is 52.6 Å². The highest BCUT2D eigenvalue weighted by atomic mass is 16.6. The third-order valence-electron chi connectivity index (χ3n) is 8.98. The molecule has 3 aromatic carbocycles. The maximum absolute atomic E-state index is 12.8. The van der Waals surface area contributed by atoms with Crippen molar-refractivity contribution in [3.8, 4) is 28.5 Å². The number of anilines is 1. The zero-order chi connectivity index (χ0) is 32.9. The summed E-state index contributed by atoms with van der Waals surface area (Å²) in [5.41, 5.74) is 5.64. The third kappa shape index (κ3) is 5.59. The zero-order valence-corrected chi connectivity index (χ0v) is 26.8. The number of benzene rings is 3. The van der Waals surface area contributed by atoms with E-state index in [4.69, 9.17) is 9.84 Å². The van der Waals surface area contributed by atoms with Gasteiger partial charge in [-0.1, -0.05) is 30.3 Å². The Labute approximate surface area is 271 Å². The molecule has 5 aromatic rings. The molecule has 0 saturated carbocycles. The number of β-amino-alcohol motifs (C(OH)–C–C–N with tert-alkyl or cyclic N) is 1. The van der Waals surface area contributed by atoms with Gasteiger partial charge in [0.05, 0.1) is 41.2 Å². The van der Waals surface area contributed by atoms with Gasteiger partial charge in [-0.3, -0.25) is 9.48 Å². The minimum Gasteiger partial charge on any atom is -0.444 e. The molecule has 47 heavy (non-hydrogen) atoms. The fourth-order valence-corrected chi connectivity index (χ4v) is 6.99. The molecule has 1 saturated heterocycles. The second-order valence-electron chi connectivity index (χ2n) is 13.3. The van der Waals surface area contributed by atoms with E-state index in [1.54, 1.807) is 26.8 Å². The molecule has 1 atom stereocenters. The second kappa shape index (κ2) is 11.9. The van der Waals surface area contributed by atoms with Crippen LogP contribution in [-0.2, 0) is 24.2 Å². The molecule has 2 aromatic heterocycles. The van der Waals surface area contributed by atoms with Gasteiger partial charge < -0.3 is 20.1 Å². The lowest BCUT2D eigenvalue weighted by Gasteiger charge is -2.29. The quantitative estimate of drug-likeness (QED) is 0.238. The molecule has 1 amide bonds. The Kier molecular flexibility index (Phi) is 7.68. The van der Waals surface area contributed by atoms with Crippen LogP contribution in [0.4, 0.5) is 10.5 Å². The van der Waals surface area contributed by atoms with Gasteiger partial charge >= 0.3 is 6.09 Å². The second-order valence-corrected chi connectivity index (χ2v) is 13.3. The van der Waals surface area contributed by atoms with Crippen molar-refractivity contribution in [2.75, 3.05) is 18.0 Å². The van der Waals surface area contributed by atoms with Crippen LogP contribution < -0.4 is 15.8 Å². The van der Waals surface area contributed by atoms with Gasteiger partial charge in [-0.25, -0.2) is 9.89 Å². The summed E-state index contributed by atoms with van der Waals surface area (Å²) in [5.74, 6) is 0. The fourth-order valence-electron chi connectivity index (χ4n) is 6.99. The summed E-state index contributed by atoms with van der Waals surface area (Å²) in [6, 6.07) is 16.2. The van der Waals surface area contributed by atoms with Gasteiger partial charge in [-0.15, -0.1) is 0 Å². The largest absolute Gasteiger partial charge is 0.444 e. The van der Waals surface area contributed by atoms with E-state index >= 15 is 0 Å². The van der Waals surface area contributed by atoms with Gasteiger partial charge in [0.2, 0.25) is 0 Å². The summed E-state index contributed by atoms with van der Waals surface area (Å²) < 4.78 is 7.39. The lowest BCUT2D eigenvalue weighted by atomic mass is 9.85. The predicted molar refractivity (Wildman–Crippen MR) is 180 cm³/mol. The molecule has 4 heterocycles. The van der Waals surface area contributed by atoms with Crippen LogP contribution in [0.1, 0.15) is 56.9 Å². The smallest absolute Gasteiger partial charge is 0.407 e. The van der Waals surface area contributed by atoms with E-state index < -0.39 is 17.8 Å². The first kappa shape index (κ1) is 30.4. The highest BCUT2D eigenvalue weighted by Crippen LogP contribution is 2.47. The SMILES string of the molecule is CC(C)(C)OC(=O)NCc1n[nH]c(=O)c2ccc(-c3cnn4c3-c3c(c(N5CC[C@@H](O)C5)c5ccccc5c3C#N)CCCC4)cc12. The van der Waals surface area contributed by atoms with E-state index in [-0.39, 0.29) is 12.1 Å². The van der Waals surface area contributed by atoms with Gasteiger partial charge in [-0.2, -0.15) is 15.5 Å². The number of nitriles is 1. The van der Waals surface area contributed by atoms with E-state index in [0.29, 0.717) is 41.5 Å². The summed E-state index contributed by atoms with van der Waals surface area (Å²) in [4.78, 5) is 27.5. The van der Waals surface area contributed by atoms with Crippen molar-refractivity contribution >= 4 is 33.3 Å². The third-order valence-corrected chi connectivity index (χ3v) is 8.98. The van der Waals surface area contributed by atoms with Gasteiger partial charge in [0.25, 0.3) is 5.56 Å². The van der Waals surface area contributed by atoms with Crippen LogP contribution in [0, 0.1) is 11.3 Å². The molecule has 240 valence electrons. The lowest BCUT2D eigenvalue weighted by Crippen LogP contribution is -2.32. The van der Waals surface area contributed by atoms with Crippen molar-refractivity contribution in [1.82, 2.24) is 25.3 Å². The van der Waals surface area contributed by atoms with Crippen LogP contribution in [-0.4, -0.2) is 56.0 Å². The normalized spacial score (nSPS) is 16.3. The number of hydrogen-bond acceptors (Lipinski definition) is 8. The molecular weight excluding hydrogens is 594 g/mol. The average molecular weight is 632 g/mol. The van der Waals surface area contributed by atoms with Gasteiger partial charge in [-0.05, 0) is 69.7 Å². The number of carbonyl (C=O) groups is 1. The molecular formula is C36H37N7O4. The number of rotatable bonds is 4. The number of aromatic nitrogens is 4. The van der Waals surface area contributed by atoms with E-state index in [2.05, 4.69) is 32.5 Å². The molecule has 2 aliphatic heterocycles. The minimum atomic E-state index is -0.658. The number of nitrogens with one attached hydrogen (secondary N) is 2. The number of fused-ring (bicyclic) bond motifs is 5. The molecule has 0 aliphatic carbocycles. The fraction of sp³-hybridized carbons (Fsp3) is 0.361. The molecule has 1 fully saturated rings. The Morgan fingerprint density at radius 2 is 1.94 bits per heavy atom. The summed E-state index contributed by atoms with van der Waals surface area (Å²) in [7, 11) is 0. The van der Waals surface area contributed by atoms with Crippen LogP contribution in [0.25, 0.3) is 43.9 Å².